The van der Waals surface area contributed by atoms with Crippen molar-refractivity contribution in [2.45, 2.75) is 13.3 Å². The minimum Gasteiger partial charge on any atom is -0.294 e. The summed E-state index contributed by atoms with van der Waals surface area (Å²) in [7, 11) is 1.79. The molecule has 1 aromatic heterocycles. The number of rotatable bonds is 3. The van der Waals surface area contributed by atoms with E-state index < -0.39 is 0 Å². The Labute approximate surface area is 113 Å². The van der Waals surface area contributed by atoms with E-state index in [1.807, 2.05) is 6.92 Å². The molecule has 0 aliphatic carbocycles. The van der Waals surface area contributed by atoms with Crippen LogP contribution >= 0.6 is 15.9 Å². The van der Waals surface area contributed by atoms with E-state index in [9.17, 15) is 9.18 Å². The van der Waals surface area contributed by atoms with Gasteiger partial charge in [-0.25, -0.2) is 4.39 Å². The van der Waals surface area contributed by atoms with Gasteiger partial charge < -0.3 is 0 Å². The Kier molecular flexibility index (Phi) is 3.61. The molecular weight excluding hydrogens is 299 g/mol. The van der Waals surface area contributed by atoms with Crippen LogP contribution in [-0.4, -0.2) is 15.6 Å². The highest BCUT2D eigenvalue weighted by Crippen LogP contribution is 2.18. The molecule has 3 nitrogen and oxygen atoms in total. The molecule has 0 saturated heterocycles. The lowest BCUT2D eigenvalue weighted by atomic mass is 10.0. The van der Waals surface area contributed by atoms with Gasteiger partial charge in [0.15, 0.2) is 5.78 Å². The van der Waals surface area contributed by atoms with Gasteiger partial charge in [0.05, 0.1) is 16.2 Å². The van der Waals surface area contributed by atoms with Crippen molar-refractivity contribution in [3.8, 4) is 0 Å². The van der Waals surface area contributed by atoms with Crippen LogP contribution in [-0.2, 0) is 13.5 Å². The van der Waals surface area contributed by atoms with Crippen LogP contribution < -0.4 is 0 Å². The third-order valence-electron chi connectivity index (χ3n) is 2.88. The molecule has 0 atom stereocenters. The lowest BCUT2D eigenvalue weighted by molar-refractivity contribution is 0.0992. The summed E-state index contributed by atoms with van der Waals surface area (Å²) < 4.78 is 15.1. The third kappa shape index (κ3) is 2.51. The predicted octanol–water partition coefficient (Wildman–Crippen LogP) is 3.06. The summed E-state index contributed by atoms with van der Waals surface area (Å²) >= 11 is 3.11. The zero-order chi connectivity index (χ0) is 13.3. The second-order valence-electron chi connectivity index (χ2n) is 4.12. The van der Waals surface area contributed by atoms with Gasteiger partial charge >= 0.3 is 0 Å². The number of carbonyl (C=O) groups is 1. The molecule has 0 bridgehead atoms. The van der Waals surface area contributed by atoms with Crippen LogP contribution in [0, 0.1) is 12.7 Å². The second-order valence-corrected chi connectivity index (χ2v) is 4.97. The van der Waals surface area contributed by atoms with E-state index in [1.54, 1.807) is 30.1 Å². The Morgan fingerprint density at radius 3 is 2.78 bits per heavy atom. The summed E-state index contributed by atoms with van der Waals surface area (Å²) in [6.07, 6.45) is 1.81. The number of carbonyl (C=O) groups excluding carboxylic acids is 1. The summed E-state index contributed by atoms with van der Waals surface area (Å²) in [5.74, 6) is -0.345. The van der Waals surface area contributed by atoms with Crippen molar-refractivity contribution in [2.24, 2.45) is 7.05 Å². The standard InChI is InChI=1S/C13H12BrFN2O/c1-8-10(7-16-17(8)2)13(18)6-9-3-4-12(15)11(14)5-9/h3-5,7H,6H2,1-2H3. The van der Waals surface area contributed by atoms with Crippen molar-refractivity contribution in [2.75, 3.05) is 0 Å². The van der Waals surface area contributed by atoms with Crippen molar-refractivity contribution >= 4 is 21.7 Å². The summed E-state index contributed by atoms with van der Waals surface area (Å²) in [6.45, 7) is 1.85. The van der Waals surface area contributed by atoms with E-state index in [-0.39, 0.29) is 18.0 Å². The lowest BCUT2D eigenvalue weighted by Gasteiger charge is -2.02. The number of hydrogen-bond donors (Lipinski definition) is 0. The van der Waals surface area contributed by atoms with Gasteiger partial charge in [0.2, 0.25) is 0 Å². The molecule has 0 spiro atoms. The first-order valence-corrected chi connectivity index (χ1v) is 6.24. The smallest absolute Gasteiger partial charge is 0.170 e. The average molecular weight is 311 g/mol. The van der Waals surface area contributed by atoms with Crippen LogP contribution in [0.1, 0.15) is 21.6 Å². The number of nitrogens with zero attached hydrogens (tertiary/aromatic N) is 2. The number of Topliss-reactive ketones (excluding diaryl/α,β-unsaturated/α-hetero) is 1. The molecule has 1 aromatic carbocycles. The Hall–Kier alpha value is -1.49. The molecule has 94 valence electrons. The summed E-state index contributed by atoms with van der Waals surface area (Å²) in [6, 6.07) is 4.59. The minimum absolute atomic E-state index is 0.0147. The number of benzene rings is 1. The van der Waals surface area contributed by atoms with E-state index in [4.69, 9.17) is 0 Å². The van der Waals surface area contributed by atoms with E-state index in [0.29, 0.717) is 10.0 Å². The van der Waals surface area contributed by atoms with Crippen molar-refractivity contribution in [3.63, 3.8) is 0 Å². The van der Waals surface area contributed by atoms with Gasteiger partial charge in [0.25, 0.3) is 0 Å². The zero-order valence-corrected chi connectivity index (χ0v) is 11.7. The van der Waals surface area contributed by atoms with Gasteiger partial charge in [0.1, 0.15) is 5.82 Å². The third-order valence-corrected chi connectivity index (χ3v) is 3.49. The van der Waals surface area contributed by atoms with Crippen LogP contribution in [0.3, 0.4) is 0 Å². The molecule has 0 unspecified atom stereocenters. The Balaban J connectivity index is 2.21. The molecule has 18 heavy (non-hydrogen) atoms. The highest BCUT2D eigenvalue weighted by Gasteiger charge is 2.13. The first-order chi connectivity index (χ1) is 8.49. The maximum absolute atomic E-state index is 13.1. The molecular formula is C13H12BrFN2O. The molecule has 0 N–H and O–H groups in total. The second kappa shape index (κ2) is 5.02. The van der Waals surface area contributed by atoms with Crippen LogP contribution in [0.2, 0.25) is 0 Å². The van der Waals surface area contributed by atoms with Gasteiger partial charge in [-0.05, 0) is 40.5 Å². The molecule has 0 radical (unpaired) electrons. The number of halogens is 2. The number of ketones is 1. The Morgan fingerprint density at radius 1 is 1.50 bits per heavy atom. The summed E-state index contributed by atoms with van der Waals surface area (Å²) in [5, 5.41) is 4.04. The monoisotopic (exact) mass is 310 g/mol. The maximum Gasteiger partial charge on any atom is 0.170 e. The summed E-state index contributed by atoms with van der Waals surface area (Å²) in [5.41, 5.74) is 2.22. The van der Waals surface area contributed by atoms with Crippen molar-refractivity contribution < 1.29 is 9.18 Å². The predicted molar refractivity (Wildman–Crippen MR) is 70.1 cm³/mol. The lowest BCUT2D eigenvalue weighted by Crippen LogP contribution is -2.05. The van der Waals surface area contributed by atoms with Crippen LogP contribution in [0.25, 0.3) is 0 Å². The van der Waals surface area contributed by atoms with Crippen molar-refractivity contribution in [3.05, 3.63) is 51.5 Å². The van der Waals surface area contributed by atoms with Crippen LogP contribution in [0.4, 0.5) is 4.39 Å². The fraction of sp³-hybridized carbons (Fsp3) is 0.231. The normalized spacial score (nSPS) is 10.7. The molecule has 0 aliphatic heterocycles. The molecule has 2 rings (SSSR count). The van der Waals surface area contributed by atoms with Crippen molar-refractivity contribution in [1.82, 2.24) is 9.78 Å². The fourth-order valence-electron chi connectivity index (χ4n) is 1.70. The maximum atomic E-state index is 13.1. The zero-order valence-electron chi connectivity index (χ0n) is 10.1. The molecule has 1 heterocycles. The number of aryl methyl sites for hydroxylation is 1. The molecule has 5 heteroatoms. The van der Waals surface area contributed by atoms with Crippen LogP contribution in [0.5, 0.6) is 0 Å². The van der Waals surface area contributed by atoms with Crippen LogP contribution in [0.15, 0.2) is 28.9 Å². The molecule has 0 amide bonds. The van der Waals surface area contributed by atoms with E-state index >= 15 is 0 Å². The highest BCUT2D eigenvalue weighted by molar-refractivity contribution is 9.10. The van der Waals surface area contributed by atoms with E-state index in [2.05, 4.69) is 21.0 Å². The van der Waals surface area contributed by atoms with Gasteiger partial charge in [-0.3, -0.25) is 9.48 Å². The molecule has 2 aromatic rings. The Bertz CT molecular complexity index is 607. The van der Waals surface area contributed by atoms with E-state index in [0.717, 1.165) is 11.3 Å². The summed E-state index contributed by atoms with van der Waals surface area (Å²) in [4.78, 5) is 12.1. The van der Waals surface area contributed by atoms with Crippen molar-refractivity contribution in [1.29, 1.82) is 0 Å². The highest BCUT2D eigenvalue weighted by atomic mass is 79.9. The van der Waals surface area contributed by atoms with Gasteiger partial charge in [-0.2, -0.15) is 5.10 Å². The molecule has 0 fully saturated rings. The van der Waals surface area contributed by atoms with E-state index in [1.165, 1.54) is 6.07 Å². The van der Waals surface area contributed by atoms with Gasteiger partial charge in [-0.1, -0.05) is 6.07 Å². The SMILES string of the molecule is Cc1c(C(=O)Cc2ccc(F)c(Br)c2)cnn1C. The molecule has 0 aliphatic rings. The quantitative estimate of drug-likeness (QED) is 0.817. The first kappa shape index (κ1) is 13.0. The molecule has 0 saturated carbocycles. The van der Waals surface area contributed by atoms with Gasteiger partial charge in [-0.15, -0.1) is 0 Å². The largest absolute Gasteiger partial charge is 0.294 e. The van der Waals surface area contributed by atoms with Gasteiger partial charge in [0, 0.05) is 19.2 Å². The number of hydrogen-bond acceptors (Lipinski definition) is 2. The Morgan fingerprint density at radius 2 is 2.22 bits per heavy atom. The minimum atomic E-state index is -0.330. The fourth-order valence-corrected chi connectivity index (χ4v) is 2.13. The first-order valence-electron chi connectivity index (χ1n) is 5.44. The number of aromatic nitrogens is 2. The average Bonchev–Trinajstić information content (AvgIpc) is 2.65. The topological polar surface area (TPSA) is 34.9 Å².